The van der Waals surface area contributed by atoms with E-state index in [1.54, 1.807) is 12.3 Å². The highest BCUT2D eigenvalue weighted by atomic mass is 35.5. The first kappa shape index (κ1) is 19.1. The third kappa shape index (κ3) is 3.16. The molecule has 7 nitrogen and oxygen atoms in total. The molecule has 0 atom stereocenters. The molecule has 0 bridgehead atoms. The van der Waals surface area contributed by atoms with Crippen molar-refractivity contribution in [3.05, 3.63) is 71.7 Å². The van der Waals surface area contributed by atoms with E-state index < -0.39 is 0 Å². The van der Waals surface area contributed by atoms with Gasteiger partial charge in [0.15, 0.2) is 0 Å². The lowest BCUT2D eigenvalue weighted by Crippen LogP contribution is -2.27. The Hall–Kier alpha value is -3.62. The minimum atomic E-state index is -0.386. The third-order valence-corrected chi connectivity index (χ3v) is 5.93. The number of H-pyrrole nitrogens is 1. The Morgan fingerprint density at radius 2 is 1.94 bits per heavy atom. The van der Waals surface area contributed by atoms with Gasteiger partial charge >= 0.3 is 0 Å². The van der Waals surface area contributed by atoms with Crippen LogP contribution in [0.5, 0.6) is 0 Å². The molecule has 1 aliphatic heterocycles. The Bertz CT molecular complexity index is 1470. The minimum Gasteiger partial charge on any atom is -0.332 e. The monoisotopic (exact) mass is 445 g/mol. The summed E-state index contributed by atoms with van der Waals surface area (Å²) in [6, 6.07) is 10.2. The van der Waals surface area contributed by atoms with Gasteiger partial charge in [0.25, 0.3) is 0 Å². The highest BCUT2D eigenvalue weighted by Gasteiger charge is 2.18. The Labute approximate surface area is 187 Å². The van der Waals surface area contributed by atoms with Crippen molar-refractivity contribution in [1.29, 1.82) is 0 Å². The molecule has 0 saturated carbocycles. The fraction of sp³-hybridized carbons (Fsp3) is 0.130. The lowest BCUT2D eigenvalue weighted by Gasteiger charge is -2.16. The van der Waals surface area contributed by atoms with Crippen molar-refractivity contribution in [2.24, 2.45) is 0 Å². The number of aromatic amines is 1. The number of benzene rings is 1. The maximum Gasteiger partial charge on any atom is 0.132 e. The van der Waals surface area contributed by atoms with Crippen LogP contribution in [0.1, 0.15) is 5.69 Å². The van der Waals surface area contributed by atoms with Crippen LogP contribution >= 0.6 is 11.6 Å². The van der Waals surface area contributed by atoms with E-state index in [4.69, 9.17) is 16.6 Å². The molecule has 158 valence electrons. The molecule has 0 amide bonds. The summed E-state index contributed by atoms with van der Waals surface area (Å²) in [7, 11) is 0. The number of imidazole rings is 1. The fourth-order valence-corrected chi connectivity index (χ4v) is 4.27. The lowest BCUT2D eigenvalue weighted by molar-refractivity contribution is 0.517. The van der Waals surface area contributed by atoms with Crippen LogP contribution in [0.2, 0.25) is 5.02 Å². The van der Waals surface area contributed by atoms with Crippen molar-refractivity contribution in [2.75, 3.05) is 6.54 Å². The first-order valence-corrected chi connectivity index (χ1v) is 10.6. The summed E-state index contributed by atoms with van der Waals surface area (Å²) in [4.78, 5) is 14.0. The lowest BCUT2D eigenvalue weighted by atomic mass is 10.0. The molecule has 0 fully saturated rings. The van der Waals surface area contributed by atoms with Gasteiger partial charge < -0.3 is 9.88 Å². The van der Waals surface area contributed by atoms with Crippen LogP contribution in [0, 0.1) is 5.82 Å². The standard InChI is InChI=1S/C23H17ClFN7/c24-14-1-2-17(25)15(8-14)23-16(10-29-31-23)18-3-4-19-20(30-18)7-13(9-27-19)22-21-11-26-5-6-32(21)12-28-22/h1-4,7-10,12,26H,5-6,11H2,(H,29,31). The Kier molecular flexibility index (Phi) is 4.48. The molecular formula is C23H17ClFN7. The Morgan fingerprint density at radius 3 is 2.88 bits per heavy atom. The number of hydrogen-bond acceptors (Lipinski definition) is 5. The maximum atomic E-state index is 14.5. The Morgan fingerprint density at radius 1 is 1.00 bits per heavy atom. The van der Waals surface area contributed by atoms with Crippen LogP contribution in [0.3, 0.4) is 0 Å². The highest BCUT2D eigenvalue weighted by molar-refractivity contribution is 6.30. The molecule has 1 aromatic carbocycles. The van der Waals surface area contributed by atoms with E-state index in [0.717, 1.165) is 47.6 Å². The molecule has 2 N–H and O–H groups in total. The summed E-state index contributed by atoms with van der Waals surface area (Å²) in [5, 5.41) is 10.8. The average Bonchev–Trinajstić information content (AvgIpc) is 3.47. The predicted octanol–water partition coefficient (Wildman–Crippen LogP) is 4.45. The second kappa shape index (κ2) is 7.51. The summed E-state index contributed by atoms with van der Waals surface area (Å²) >= 11 is 6.09. The molecule has 0 spiro atoms. The van der Waals surface area contributed by atoms with Gasteiger partial charge in [-0.1, -0.05) is 11.6 Å². The third-order valence-electron chi connectivity index (χ3n) is 5.69. The van der Waals surface area contributed by atoms with Crippen molar-refractivity contribution >= 4 is 22.6 Å². The van der Waals surface area contributed by atoms with Gasteiger partial charge in [0.2, 0.25) is 0 Å². The molecule has 1 aliphatic rings. The molecular weight excluding hydrogens is 429 g/mol. The molecule has 5 aromatic rings. The van der Waals surface area contributed by atoms with Crippen LogP contribution < -0.4 is 5.32 Å². The van der Waals surface area contributed by atoms with Crippen molar-refractivity contribution in [3.63, 3.8) is 0 Å². The summed E-state index contributed by atoms with van der Waals surface area (Å²) in [5.41, 5.74) is 6.66. The number of hydrogen-bond donors (Lipinski definition) is 2. The number of nitrogens with one attached hydrogen (secondary N) is 2. The van der Waals surface area contributed by atoms with E-state index in [1.165, 1.54) is 12.1 Å². The average molecular weight is 446 g/mol. The molecule has 0 unspecified atom stereocenters. The fourth-order valence-electron chi connectivity index (χ4n) is 4.09. The molecule has 4 aromatic heterocycles. The van der Waals surface area contributed by atoms with E-state index in [2.05, 4.69) is 30.0 Å². The second-order valence-corrected chi connectivity index (χ2v) is 8.09. The van der Waals surface area contributed by atoms with Gasteiger partial charge in [0.1, 0.15) is 5.82 Å². The molecule has 6 rings (SSSR count). The number of fused-ring (bicyclic) bond motifs is 2. The number of nitrogens with zero attached hydrogens (tertiary/aromatic N) is 5. The van der Waals surface area contributed by atoms with Crippen molar-refractivity contribution in [1.82, 2.24) is 35.0 Å². The van der Waals surface area contributed by atoms with E-state index >= 15 is 0 Å². The van der Waals surface area contributed by atoms with Gasteiger partial charge in [0, 0.05) is 47.5 Å². The number of halogens is 2. The van der Waals surface area contributed by atoms with Gasteiger partial charge in [-0.3, -0.25) is 10.1 Å². The predicted molar refractivity (Wildman–Crippen MR) is 120 cm³/mol. The van der Waals surface area contributed by atoms with E-state index in [1.807, 2.05) is 30.7 Å². The molecule has 0 aliphatic carbocycles. The quantitative estimate of drug-likeness (QED) is 0.428. The van der Waals surface area contributed by atoms with E-state index in [-0.39, 0.29) is 5.82 Å². The van der Waals surface area contributed by atoms with Crippen molar-refractivity contribution in [2.45, 2.75) is 13.1 Å². The van der Waals surface area contributed by atoms with Crippen LogP contribution in [0.4, 0.5) is 4.39 Å². The van der Waals surface area contributed by atoms with Gasteiger partial charge in [-0.05, 0) is 36.4 Å². The van der Waals surface area contributed by atoms with Crippen LogP contribution in [-0.2, 0) is 13.1 Å². The van der Waals surface area contributed by atoms with E-state index in [9.17, 15) is 4.39 Å². The molecule has 0 saturated heterocycles. The molecule has 5 heterocycles. The summed E-state index contributed by atoms with van der Waals surface area (Å²) in [6.07, 6.45) is 5.33. The largest absolute Gasteiger partial charge is 0.332 e. The maximum absolute atomic E-state index is 14.5. The smallest absolute Gasteiger partial charge is 0.132 e. The zero-order valence-corrected chi connectivity index (χ0v) is 17.6. The summed E-state index contributed by atoms with van der Waals surface area (Å²) in [6.45, 7) is 2.60. The molecule has 0 radical (unpaired) electrons. The van der Waals surface area contributed by atoms with Gasteiger partial charge in [0.05, 0.1) is 46.3 Å². The van der Waals surface area contributed by atoms with Crippen molar-refractivity contribution < 1.29 is 4.39 Å². The normalized spacial score (nSPS) is 13.4. The van der Waals surface area contributed by atoms with Gasteiger partial charge in [-0.15, -0.1) is 0 Å². The topological polar surface area (TPSA) is 84.3 Å². The first-order chi connectivity index (χ1) is 15.7. The minimum absolute atomic E-state index is 0.343. The first-order valence-electron chi connectivity index (χ1n) is 10.2. The highest BCUT2D eigenvalue weighted by Crippen LogP contribution is 2.33. The van der Waals surface area contributed by atoms with Gasteiger partial charge in [-0.25, -0.2) is 14.4 Å². The summed E-state index contributed by atoms with van der Waals surface area (Å²) in [5.74, 6) is -0.386. The zero-order chi connectivity index (χ0) is 21.7. The van der Waals surface area contributed by atoms with E-state index in [0.29, 0.717) is 27.5 Å². The van der Waals surface area contributed by atoms with Crippen LogP contribution in [0.25, 0.3) is 44.8 Å². The van der Waals surface area contributed by atoms with Gasteiger partial charge in [-0.2, -0.15) is 5.10 Å². The number of pyridine rings is 2. The second-order valence-electron chi connectivity index (χ2n) is 7.65. The zero-order valence-electron chi connectivity index (χ0n) is 16.8. The number of rotatable bonds is 3. The molecule has 9 heteroatoms. The number of aromatic nitrogens is 6. The SMILES string of the molecule is Fc1ccc(Cl)cc1-c1[nH]ncc1-c1ccc2ncc(-c3ncn4c3CNCC4)cc2n1. The van der Waals surface area contributed by atoms with Crippen LogP contribution in [-0.4, -0.2) is 36.3 Å². The Balaban J connectivity index is 1.45. The van der Waals surface area contributed by atoms with Crippen molar-refractivity contribution in [3.8, 4) is 33.8 Å². The summed E-state index contributed by atoms with van der Waals surface area (Å²) < 4.78 is 16.6. The molecule has 32 heavy (non-hydrogen) atoms. The van der Waals surface area contributed by atoms with Crippen LogP contribution in [0.15, 0.2) is 55.1 Å².